The van der Waals surface area contributed by atoms with Crippen LogP contribution < -0.4 is 0 Å². The molecule has 2 aromatic carbocycles. The Morgan fingerprint density at radius 2 is 1.79 bits per heavy atom. The van der Waals surface area contributed by atoms with E-state index >= 15 is 0 Å². The van der Waals surface area contributed by atoms with Gasteiger partial charge < -0.3 is 0 Å². The zero-order chi connectivity index (χ0) is 9.97. The van der Waals surface area contributed by atoms with E-state index < -0.39 is 6.10 Å². The van der Waals surface area contributed by atoms with E-state index in [9.17, 15) is 5.11 Å². The highest BCUT2D eigenvalue weighted by Crippen LogP contribution is 2.24. The molecular weight excluding hydrogens is 172 g/mol. The predicted octanol–water partition coefficient (Wildman–Crippen LogP) is 3.50. The fourth-order valence-electron chi connectivity index (χ4n) is 1.63. The highest BCUT2D eigenvalue weighted by Gasteiger charge is 2.07. The molecule has 0 aliphatic carbocycles. The van der Waals surface area contributed by atoms with Crippen molar-refractivity contribution in [3.63, 3.8) is 0 Å². The van der Waals surface area contributed by atoms with Gasteiger partial charge in [-0.25, -0.2) is 5.11 Å². The third-order valence-corrected chi connectivity index (χ3v) is 2.34. The Morgan fingerprint density at radius 3 is 2.57 bits per heavy atom. The monoisotopic (exact) mass is 183 g/mol. The van der Waals surface area contributed by atoms with Gasteiger partial charge in [0.2, 0.25) is 0 Å². The molecule has 1 radical (unpaired) electrons. The topological polar surface area (TPSA) is 19.9 Å². The second kappa shape index (κ2) is 3.64. The number of hydrogen-bond acceptors (Lipinski definition) is 0. The molecule has 0 saturated heterocycles. The summed E-state index contributed by atoms with van der Waals surface area (Å²) in [7, 11) is 0. The third kappa shape index (κ3) is 1.42. The summed E-state index contributed by atoms with van der Waals surface area (Å²) in [4.78, 5) is 0. The molecule has 1 heteroatoms. The van der Waals surface area contributed by atoms with Crippen molar-refractivity contribution in [3.05, 3.63) is 60.7 Å². The fourth-order valence-corrected chi connectivity index (χ4v) is 1.63. The fraction of sp³-hybridized carbons (Fsp3) is 0.0769. The van der Waals surface area contributed by atoms with Crippen molar-refractivity contribution >= 4 is 10.8 Å². The van der Waals surface area contributed by atoms with Crippen molar-refractivity contribution in [2.45, 2.75) is 6.10 Å². The summed E-state index contributed by atoms with van der Waals surface area (Å²) in [5.41, 5.74) is 0.804. The van der Waals surface area contributed by atoms with E-state index in [1.165, 1.54) is 6.08 Å². The summed E-state index contributed by atoms with van der Waals surface area (Å²) in [5.74, 6) is 0. The highest BCUT2D eigenvalue weighted by atomic mass is 16.3. The van der Waals surface area contributed by atoms with E-state index in [4.69, 9.17) is 0 Å². The molecule has 0 aliphatic rings. The zero-order valence-electron chi connectivity index (χ0n) is 7.81. The molecule has 0 fully saturated rings. The maximum Gasteiger partial charge on any atom is 0.137 e. The van der Waals surface area contributed by atoms with Gasteiger partial charge in [-0.3, -0.25) is 0 Å². The molecule has 2 rings (SSSR count). The zero-order valence-corrected chi connectivity index (χ0v) is 7.81. The summed E-state index contributed by atoms with van der Waals surface area (Å²) in [6.07, 6.45) is 0.600. The van der Waals surface area contributed by atoms with E-state index in [-0.39, 0.29) is 0 Å². The van der Waals surface area contributed by atoms with Gasteiger partial charge in [0.1, 0.15) is 6.10 Å². The van der Waals surface area contributed by atoms with E-state index in [1.807, 2.05) is 42.5 Å². The molecule has 14 heavy (non-hydrogen) atoms. The molecule has 0 N–H and O–H groups in total. The van der Waals surface area contributed by atoms with Crippen molar-refractivity contribution in [2.75, 3.05) is 0 Å². The lowest BCUT2D eigenvalue weighted by molar-refractivity contribution is 0.133. The van der Waals surface area contributed by atoms with Gasteiger partial charge >= 0.3 is 0 Å². The van der Waals surface area contributed by atoms with Crippen molar-refractivity contribution in [1.82, 2.24) is 0 Å². The second-order valence-corrected chi connectivity index (χ2v) is 3.22. The van der Waals surface area contributed by atoms with Gasteiger partial charge in [0.15, 0.2) is 0 Å². The van der Waals surface area contributed by atoms with Gasteiger partial charge in [0, 0.05) is 0 Å². The average Bonchev–Trinajstić information content (AvgIpc) is 2.27. The molecule has 0 aliphatic heterocycles. The van der Waals surface area contributed by atoms with Gasteiger partial charge in [-0.15, -0.1) is 6.58 Å². The van der Waals surface area contributed by atoms with Crippen LogP contribution in [0.15, 0.2) is 55.1 Å². The highest BCUT2D eigenvalue weighted by molar-refractivity contribution is 5.86. The minimum atomic E-state index is -0.832. The summed E-state index contributed by atoms with van der Waals surface area (Å²) >= 11 is 0. The van der Waals surface area contributed by atoms with E-state index in [1.54, 1.807) is 0 Å². The summed E-state index contributed by atoms with van der Waals surface area (Å²) in [6, 6.07) is 13.7. The van der Waals surface area contributed by atoms with Crippen LogP contribution in [-0.4, -0.2) is 0 Å². The predicted molar refractivity (Wildman–Crippen MR) is 57.6 cm³/mol. The molecule has 1 atom stereocenters. The lowest BCUT2D eigenvalue weighted by atomic mass is 10.0. The summed E-state index contributed by atoms with van der Waals surface area (Å²) < 4.78 is 0. The van der Waals surface area contributed by atoms with Crippen molar-refractivity contribution in [3.8, 4) is 0 Å². The number of benzene rings is 2. The van der Waals surface area contributed by atoms with Crippen molar-refractivity contribution < 1.29 is 5.11 Å². The van der Waals surface area contributed by atoms with Crippen LogP contribution in [0.2, 0.25) is 0 Å². The molecule has 69 valence electrons. The first-order valence-corrected chi connectivity index (χ1v) is 4.59. The maximum atomic E-state index is 11.6. The minimum Gasteiger partial charge on any atom is -0.223 e. The lowest BCUT2D eigenvalue weighted by Gasteiger charge is -2.07. The van der Waals surface area contributed by atoms with Gasteiger partial charge in [-0.1, -0.05) is 48.5 Å². The Bertz CT molecular complexity index is 454. The van der Waals surface area contributed by atoms with Crippen LogP contribution in [0.5, 0.6) is 0 Å². The Kier molecular flexibility index (Phi) is 2.33. The Morgan fingerprint density at radius 1 is 1.07 bits per heavy atom. The van der Waals surface area contributed by atoms with Crippen LogP contribution in [0.1, 0.15) is 11.7 Å². The van der Waals surface area contributed by atoms with Crippen LogP contribution in [0, 0.1) is 0 Å². The molecule has 1 unspecified atom stereocenters. The molecular formula is C13H11O. The Hall–Kier alpha value is -1.60. The molecule has 0 amide bonds. The minimum absolute atomic E-state index is 0.804. The van der Waals surface area contributed by atoms with Crippen LogP contribution >= 0.6 is 0 Å². The first-order chi connectivity index (χ1) is 6.83. The SMILES string of the molecule is C=CC([O])c1cccc2ccccc12. The van der Waals surface area contributed by atoms with Gasteiger partial charge in [-0.2, -0.15) is 0 Å². The largest absolute Gasteiger partial charge is 0.223 e. The number of hydrogen-bond donors (Lipinski definition) is 0. The molecule has 0 spiro atoms. The quantitative estimate of drug-likeness (QED) is 0.635. The Labute approximate surface area is 83.3 Å². The lowest BCUT2D eigenvalue weighted by Crippen LogP contribution is -1.91. The first-order valence-electron chi connectivity index (χ1n) is 4.59. The van der Waals surface area contributed by atoms with Crippen LogP contribution in [0.4, 0.5) is 0 Å². The summed E-state index contributed by atoms with van der Waals surface area (Å²) in [5, 5.41) is 13.7. The van der Waals surface area contributed by atoms with Crippen LogP contribution in [0.25, 0.3) is 10.8 Å². The number of rotatable bonds is 2. The standard InChI is InChI=1S/C13H11O/c1-2-13(14)12-9-5-7-10-6-3-4-8-11(10)12/h2-9,13H,1H2. The van der Waals surface area contributed by atoms with Gasteiger partial charge in [-0.05, 0) is 16.3 Å². The normalized spacial score (nSPS) is 12.6. The third-order valence-electron chi connectivity index (χ3n) is 2.34. The second-order valence-electron chi connectivity index (χ2n) is 3.22. The molecule has 1 nitrogen and oxygen atoms in total. The Balaban J connectivity index is 2.70. The van der Waals surface area contributed by atoms with Crippen molar-refractivity contribution in [1.29, 1.82) is 0 Å². The first kappa shape index (κ1) is 8.97. The molecule has 0 aromatic heterocycles. The summed E-state index contributed by atoms with van der Waals surface area (Å²) in [6.45, 7) is 3.53. The van der Waals surface area contributed by atoms with Gasteiger partial charge in [0.05, 0.1) is 0 Å². The molecule has 0 bridgehead atoms. The van der Waals surface area contributed by atoms with E-state index in [0.29, 0.717) is 0 Å². The molecule has 2 aromatic rings. The maximum absolute atomic E-state index is 11.6. The van der Waals surface area contributed by atoms with Crippen molar-refractivity contribution in [2.24, 2.45) is 0 Å². The number of fused-ring (bicyclic) bond motifs is 1. The molecule has 0 saturated carbocycles. The van der Waals surface area contributed by atoms with Gasteiger partial charge in [0.25, 0.3) is 0 Å². The molecule has 0 heterocycles. The van der Waals surface area contributed by atoms with E-state index in [0.717, 1.165) is 16.3 Å². The van der Waals surface area contributed by atoms with Crippen LogP contribution in [-0.2, 0) is 5.11 Å². The smallest absolute Gasteiger partial charge is 0.137 e. The van der Waals surface area contributed by atoms with Crippen LogP contribution in [0.3, 0.4) is 0 Å². The van der Waals surface area contributed by atoms with E-state index in [2.05, 4.69) is 6.58 Å². The average molecular weight is 183 g/mol.